The average molecular weight is 512 g/mol. The number of amides is 2. The van der Waals surface area contributed by atoms with Gasteiger partial charge in [0.15, 0.2) is 5.65 Å². The Hall–Kier alpha value is -3.27. The van der Waals surface area contributed by atoms with Crippen LogP contribution in [0.2, 0.25) is 5.15 Å². The third-order valence-electron chi connectivity index (χ3n) is 5.46. The van der Waals surface area contributed by atoms with E-state index in [2.05, 4.69) is 15.6 Å². The first-order valence-corrected chi connectivity index (χ1v) is 12.5. The largest absolute Gasteiger partial charge is 0.394 e. The normalized spacial score (nSPS) is 12.1. The summed E-state index contributed by atoms with van der Waals surface area (Å²) in [5.41, 5.74) is 3.09. The van der Waals surface area contributed by atoms with Gasteiger partial charge in [-0.25, -0.2) is 9.97 Å². The highest BCUT2D eigenvalue weighted by Gasteiger charge is 2.25. The maximum Gasteiger partial charge on any atom is 0.270 e. The molecular formula is C25H26ClN5O3S. The maximum atomic E-state index is 13.4. The molecule has 0 bridgehead atoms. The summed E-state index contributed by atoms with van der Waals surface area (Å²) in [7, 11) is 0. The van der Waals surface area contributed by atoms with E-state index in [0.717, 1.165) is 11.1 Å². The smallest absolute Gasteiger partial charge is 0.270 e. The SMILES string of the molecule is CC(C)C[C@H](CO)NC(=O)c1c(-c2ccsc2)nc2c(C(=O)NCc3ccc(Cl)nc3)cccn12. The van der Waals surface area contributed by atoms with Crippen molar-refractivity contribution in [2.45, 2.75) is 32.9 Å². The van der Waals surface area contributed by atoms with Gasteiger partial charge in [0.1, 0.15) is 16.5 Å². The van der Waals surface area contributed by atoms with Crippen LogP contribution in [0.3, 0.4) is 0 Å². The van der Waals surface area contributed by atoms with Crippen molar-refractivity contribution in [2.24, 2.45) is 5.92 Å². The van der Waals surface area contributed by atoms with Crippen LogP contribution in [0.25, 0.3) is 16.9 Å². The number of nitrogens with one attached hydrogen (secondary N) is 2. The van der Waals surface area contributed by atoms with Crippen molar-refractivity contribution in [3.05, 3.63) is 75.5 Å². The van der Waals surface area contributed by atoms with E-state index in [0.29, 0.717) is 40.1 Å². The van der Waals surface area contributed by atoms with Crippen LogP contribution in [0.5, 0.6) is 0 Å². The molecule has 0 radical (unpaired) electrons. The van der Waals surface area contributed by atoms with E-state index in [1.807, 2.05) is 30.7 Å². The monoisotopic (exact) mass is 511 g/mol. The van der Waals surface area contributed by atoms with Gasteiger partial charge >= 0.3 is 0 Å². The molecule has 8 nitrogen and oxygen atoms in total. The zero-order valence-electron chi connectivity index (χ0n) is 19.4. The molecule has 0 aliphatic rings. The molecule has 0 saturated heterocycles. The molecule has 4 heterocycles. The number of imidazole rings is 1. The number of halogens is 1. The summed E-state index contributed by atoms with van der Waals surface area (Å²) in [6.45, 7) is 4.17. The van der Waals surface area contributed by atoms with E-state index in [4.69, 9.17) is 16.6 Å². The van der Waals surface area contributed by atoms with Crippen LogP contribution in [0, 0.1) is 5.92 Å². The molecule has 0 unspecified atom stereocenters. The molecular weight excluding hydrogens is 486 g/mol. The molecule has 0 spiro atoms. The molecule has 35 heavy (non-hydrogen) atoms. The summed E-state index contributed by atoms with van der Waals surface area (Å²) in [5.74, 6) is -0.382. The van der Waals surface area contributed by atoms with Gasteiger partial charge in [-0.1, -0.05) is 31.5 Å². The van der Waals surface area contributed by atoms with E-state index in [9.17, 15) is 14.7 Å². The van der Waals surface area contributed by atoms with Crippen LogP contribution >= 0.6 is 22.9 Å². The first kappa shape index (κ1) is 24.8. The first-order valence-electron chi connectivity index (χ1n) is 11.2. The van der Waals surface area contributed by atoms with Gasteiger partial charge in [0.25, 0.3) is 11.8 Å². The lowest BCUT2D eigenvalue weighted by Gasteiger charge is -2.18. The average Bonchev–Trinajstić information content (AvgIpc) is 3.50. The van der Waals surface area contributed by atoms with Gasteiger partial charge < -0.3 is 15.7 Å². The molecule has 4 aromatic heterocycles. The number of carbonyl (C=O) groups excluding carboxylic acids is 2. The predicted octanol–water partition coefficient (Wildman–Crippen LogP) is 4.18. The van der Waals surface area contributed by atoms with Crippen LogP contribution in [-0.2, 0) is 6.54 Å². The Morgan fingerprint density at radius 2 is 2.03 bits per heavy atom. The molecule has 4 aromatic rings. The van der Waals surface area contributed by atoms with Crippen molar-refractivity contribution >= 4 is 40.4 Å². The van der Waals surface area contributed by atoms with Gasteiger partial charge in [-0.2, -0.15) is 11.3 Å². The predicted molar refractivity (Wildman–Crippen MR) is 137 cm³/mol. The zero-order chi connectivity index (χ0) is 24.9. The Morgan fingerprint density at radius 3 is 2.69 bits per heavy atom. The van der Waals surface area contributed by atoms with Crippen molar-refractivity contribution in [1.29, 1.82) is 0 Å². The number of aromatic nitrogens is 3. The number of aliphatic hydroxyl groups is 1. The Morgan fingerprint density at radius 1 is 1.20 bits per heavy atom. The quantitative estimate of drug-likeness (QED) is 0.292. The van der Waals surface area contributed by atoms with Gasteiger partial charge in [0.2, 0.25) is 0 Å². The van der Waals surface area contributed by atoms with Crippen LogP contribution in [0.4, 0.5) is 0 Å². The second-order valence-corrected chi connectivity index (χ2v) is 9.76. The Bertz CT molecular complexity index is 1320. The second kappa shape index (κ2) is 11.0. The van der Waals surface area contributed by atoms with Gasteiger partial charge in [0, 0.05) is 29.9 Å². The minimum atomic E-state index is -0.386. The number of aliphatic hydroxyl groups excluding tert-OH is 1. The zero-order valence-corrected chi connectivity index (χ0v) is 20.9. The Balaban J connectivity index is 1.69. The summed E-state index contributed by atoms with van der Waals surface area (Å²) >= 11 is 7.32. The van der Waals surface area contributed by atoms with Crippen LogP contribution in [-0.4, -0.2) is 43.9 Å². The highest BCUT2D eigenvalue weighted by atomic mass is 35.5. The lowest BCUT2D eigenvalue weighted by molar-refractivity contribution is 0.0901. The number of carbonyl (C=O) groups is 2. The number of nitrogens with zero attached hydrogens (tertiary/aromatic N) is 3. The topological polar surface area (TPSA) is 109 Å². The van der Waals surface area contributed by atoms with Crippen molar-refractivity contribution < 1.29 is 14.7 Å². The Labute approximate surface area is 212 Å². The molecule has 0 aliphatic carbocycles. The highest BCUT2D eigenvalue weighted by molar-refractivity contribution is 7.08. The minimum absolute atomic E-state index is 0.165. The third kappa shape index (κ3) is 5.70. The fraction of sp³-hybridized carbons (Fsp3) is 0.280. The molecule has 4 rings (SSSR count). The number of rotatable bonds is 9. The fourth-order valence-electron chi connectivity index (χ4n) is 3.85. The van der Waals surface area contributed by atoms with Crippen molar-refractivity contribution in [3.63, 3.8) is 0 Å². The molecule has 1 atom stereocenters. The summed E-state index contributed by atoms with van der Waals surface area (Å²) in [5, 5.41) is 19.8. The van der Waals surface area contributed by atoms with Gasteiger partial charge in [0.05, 0.1) is 18.2 Å². The van der Waals surface area contributed by atoms with E-state index in [-0.39, 0.29) is 31.0 Å². The van der Waals surface area contributed by atoms with E-state index < -0.39 is 0 Å². The molecule has 0 saturated carbocycles. The maximum absolute atomic E-state index is 13.4. The van der Waals surface area contributed by atoms with Crippen molar-refractivity contribution in [1.82, 2.24) is 25.0 Å². The van der Waals surface area contributed by atoms with Gasteiger partial charge in [-0.05, 0) is 47.5 Å². The second-order valence-electron chi connectivity index (χ2n) is 8.59. The van der Waals surface area contributed by atoms with E-state index in [1.54, 1.807) is 41.1 Å². The lowest BCUT2D eigenvalue weighted by Crippen LogP contribution is -2.39. The van der Waals surface area contributed by atoms with Crippen LogP contribution in [0.1, 0.15) is 46.7 Å². The molecule has 2 amide bonds. The molecule has 0 aliphatic heterocycles. The number of hydrogen-bond acceptors (Lipinski definition) is 6. The molecule has 3 N–H and O–H groups in total. The molecule has 10 heteroatoms. The lowest BCUT2D eigenvalue weighted by atomic mass is 10.0. The third-order valence-corrected chi connectivity index (χ3v) is 6.36. The van der Waals surface area contributed by atoms with E-state index >= 15 is 0 Å². The van der Waals surface area contributed by atoms with Crippen LogP contribution < -0.4 is 10.6 Å². The van der Waals surface area contributed by atoms with Crippen molar-refractivity contribution in [2.75, 3.05) is 6.61 Å². The van der Waals surface area contributed by atoms with E-state index in [1.165, 1.54) is 11.3 Å². The molecule has 0 aromatic carbocycles. The molecule has 182 valence electrons. The number of fused-ring (bicyclic) bond motifs is 1. The standard InChI is InChI=1S/C25H26ClN5O3S/c1-15(2)10-18(13-32)29-25(34)22-21(17-7-9-35-14-17)30-23-19(4-3-8-31(22)23)24(33)28-12-16-5-6-20(26)27-11-16/h3-9,11,14-15,18,32H,10,12-13H2,1-2H3,(H,28,33)(H,29,34)/t18-/m1/s1. The fourth-order valence-corrected chi connectivity index (χ4v) is 4.61. The van der Waals surface area contributed by atoms with Crippen molar-refractivity contribution in [3.8, 4) is 11.3 Å². The minimum Gasteiger partial charge on any atom is -0.394 e. The first-order chi connectivity index (χ1) is 16.9. The number of pyridine rings is 2. The van der Waals surface area contributed by atoms with Gasteiger partial charge in [-0.15, -0.1) is 0 Å². The molecule has 0 fully saturated rings. The summed E-state index contributed by atoms with van der Waals surface area (Å²) in [6, 6.07) is 8.33. The van der Waals surface area contributed by atoms with Gasteiger partial charge in [-0.3, -0.25) is 14.0 Å². The number of hydrogen-bond donors (Lipinski definition) is 3. The number of thiophene rings is 1. The highest BCUT2D eigenvalue weighted by Crippen LogP contribution is 2.28. The Kier molecular flexibility index (Phi) is 7.80. The summed E-state index contributed by atoms with van der Waals surface area (Å²) < 4.78 is 1.63. The summed E-state index contributed by atoms with van der Waals surface area (Å²) in [4.78, 5) is 35.2. The van der Waals surface area contributed by atoms with Crippen LogP contribution in [0.15, 0.2) is 53.5 Å². The summed E-state index contributed by atoms with van der Waals surface area (Å²) in [6.07, 6.45) is 3.95.